The van der Waals surface area contributed by atoms with Crippen LogP contribution in [0.25, 0.3) is 0 Å². The number of hydrogen-bond acceptors (Lipinski definition) is 4. The van der Waals surface area contributed by atoms with Crippen LogP contribution in [0.3, 0.4) is 0 Å². The van der Waals surface area contributed by atoms with Gasteiger partial charge >= 0.3 is 0 Å². The van der Waals surface area contributed by atoms with Gasteiger partial charge in [0.05, 0.1) is 0 Å². The van der Waals surface area contributed by atoms with Gasteiger partial charge in [0.2, 0.25) is 0 Å². The molecule has 5 nitrogen and oxygen atoms in total. The summed E-state index contributed by atoms with van der Waals surface area (Å²) in [5.74, 6) is 0.919. The van der Waals surface area contributed by atoms with E-state index in [1.807, 2.05) is 7.05 Å². The lowest BCUT2D eigenvalue weighted by molar-refractivity contribution is 0.198. The van der Waals surface area contributed by atoms with Crippen LogP contribution in [0.2, 0.25) is 0 Å². The molecule has 0 bridgehead atoms. The molecule has 0 spiro atoms. The number of guanidine groups is 1. The van der Waals surface area contributed by atoms with Crippen LogP contribution in [0.15, 0.2) is 21.8 Å². The molecule has 2 heterocycles. The Labute approximate surface area is 150 Å². The van der Waals surface area contributed by atoms with E-state index < -0.39 is 0 Å². The van der Waals surface area contributed by atoms with Crippen LogP contribution in [0.1, 0.15) is 39.2 Å². The summed E-state index contributed by atoms with van der Waals surface area (Å²) in [6, 6.07) is 2.75. The van der Waals surface area contributed by atoms with E-state index >= 15 is 0 Å². The summed E-state index contributed by atoms with van der Waals surface area (Å²) < 4.78 is 0. The van der Waals surface area contributed by atoms with Crippen molar-refractivity contribution in [2.45, 2.75) is 51.7 Å². The lowest BCUT2D eigenvalue weighted by Gasteiger charge is -2.33. The largest absolute Gasteiger partial charge is 0.355 e. The van der Waals surface area contributed by atoms with E-state index in [9.17, 15) is 0 Å². The molecule has 0 saturated carbocycles. The van der Waals surface area contributed by atoms with Crippen molar-refractivity contribution in [3.05, 3.63) is 22.4 Å². The second kappa shape index (κ2) is 9.39. The maximum atomic E-state index is 4.35. The summed E-state index contributed by atoms with van der Waals surface area (Å²) in [4.78, 5) is 6.90. The molecule has 1 aromatic heterocycles. The highest BCUT2D eigenvalue weighted by atomic mass is 32.1. The first kappa shape index (κ1) is 19.2. The van der Waals surface area contributed by atoms with E-state index in [-0.39, 0.29) is 5.54 Å². The van der Waals surface area contributed by atoms with Crippen LogP contribution < -0.4 is 16.0 Å². The minimum absolute atomic E-state index is 0.161. The molecule has 24 heavy (non-hydrogen) atoms. The zero-order chi connectivity index (χ0) is 17.4. The summed E-state index contributed by atoms with van der Waals surface area (Å²) in [6.45, 7) is 11.8. The highest BCUT2D eigenvalue weighted by Gasteiger charge is 2.20. The predicted molar refractivity (Wildman–Crippen MR) is 105 cm³/mol. The topological polar surface area (TPSA) is 51.7 Å². The Hall–Kier alpha value is -1.11. The number of hydrogen-bond donors (Lipinski definition) is 3. The summed E-state index contributed by atoms with van der Waals surface area (Å²) in [5.41, 5.74) is 1.60. The average molecular weight is 352 g/mol. The van der Waals surface area contributed by atoms with Gasteiger partial charge in [-0.15, -0.1) is 0 Å². The van der Waals surface area contributed by atoms with E-state index in [2.05, 4.69) is 63.4 Å². The number of nitrogens with zero attached hydrogens (tertiary/aromatic N) is 2. The average Bonchev–Trinajstić information content (AvgIpc) is 3.04. The van der Waals surface area contributed by atoms with Crippen molar-refractivity contribution < 1.29 is 0 Å². The van der Waals surface area contributed by atoms with Crippen LogP contribution >= 0.6 is 11.3 Å². The summed E-state index contributed by atoms with van der Waals surface area (Å²) >= 11 is 1.78. The Morgan fingerprint density at radius 1 is 1.29 bits per heavy atom. The van der Waals surface area contributed by atoms with Gasteiger partial charge in [0, 0.05) is 51.4 Å². The molecule has 3 N–H and O–H groups in total. The minimum Gasteiger partial charge on any atom is -0.355 e. The molecule has 0 aromatic carbocycles. The molecule has 136 valence electrons. The molecule has 0 atom stereocenters. The number of nitrogens with one attached hydrogen (secondary N) is 3. The van der Waals surface area contributed by atoms with Gasteiger partial charge in [-0.25, -0.2) is 0 Å². The third-order valence-electron chi connectivity index (χ3n) is 4.21. The Bertz CT molecular complexity index is 484. The SMILES string of the molecule is CN=C(NCCNC(C)(C)C)NC1CCN(Cc2ccsc2)CC1. The number of piperidine rings is 1. The predicted octanol–water partition coefficient (Wildman–Crippen LogP) is 2.27. The molecule has 0 amide bonds. The second-order valence-corrected chi connectivity index (χ2v) is 8.28. The highest BCUT2D eigenvalue weighted by molar-refractivity contribution is 7.07. The normalized spacial score (nSPS) is 17.9. The van der Waals surface area contributed by atoms with Gasteiger partial charge in [-0.3, -0.25) is 9.89 Å². The number of rotatable bonds is 6. The molecule has 1 aliphatic rings. The molecule has 2 rings (SSSR count). The van der Waals surface area contributed by atoms with Crippen LogP contribution in [0.4, 0.5) is 0 Å². The number of likely N-dealkylation sites (tertiary alicyclic amines) is 1. The maximum Gasteiger partial charge on any atom is 0.191 e. The Morgan fingerprint density at radius 3 is 2.62 bits per heavy atom. The molecule has 0 unspecified atom stereocenters. The molecule has 1 fully saturated rings. The van der Waals surface area contributed by atoms with E-state index in [0.29, 0.717) is 6.04 Å². The van der Waals surface area contributed by atoms with Crippen molar-refractivity contribution in [2.75, 3.05) is 33.2 Å². The van der Waals surface area contributed by atoms with Crippen molar-refractivity contribution in [1.82, 2.24) is 20.9 Å². The first-order valence-electron chi connectivity index (χ1n) is 8.92. The van der Waals surface area contributed by atoms with Crippen molar-refractivity contribution in [2.24, 2.45) is 4.99 Å². The first-order chi connectivity index (χ1) is 11.5. The van der Waals surface area contributed by atoms with Gasteiger partial charge < -0.3 is 16.0 Å². The molecule has 0 radical (unpaired) electrons. The van der Waals surface area contributed by atoms with E-state index in [1.165, 1.54) is 18.4 Å². The molecular formula is C18H33N5S. The second-order valence-electron chi connectivity index (χ2n) is 7.50. The van der Waals surface area contributed by atoms with Gasteiger partial charge in [-0.05, 0) is 56.0 Å². The molecule has 6 heteroatoms. The number of thiophene rings is 1. The van der Waals surface area contributed by atoms with Crippen molar-refractivity contribution >= 4 is 17.3 Å². The van der Waals surface area contributed by atoms with Gasteiger partial charge in [0.25, 0.3) is 0 Å². The smallest absolute Gasteiger partial charge is 0.191 e. The minimum atomic E-state index is 0.161. The van der Waals surface area contributed by atoms with Crippen molar-refractivity contribution in [1.29, 1.82) is 0 Å². The Morgan fingerprint density at radius 2 is 2.04 bits per heavy atom. The van der Waals surface area contributed by atoms with E-state index in [0.717, 1.165) is 38.7 Å². The lowest BCUT2D eigenvalue weighted by Crippen LogP contribution is -2.50. The molecule has 0 aliphatic carbocycles. The molecule has 1 saturated heterocycles. The van der Waals surface area contributed by atoms with Crippen molar-refractivity contribution in [3.8, 4) is 0 Å². The summed E-state index contributed by atoms with van der Waals surface area (Å²) in [5, 5.41) is 14.9. The van der Waals surface area contributed by atoms with Crippen LogP contribution in [-0.4, -0.2) is 55.7 Å². The lowest BCUT2D eigenvalue weighted by atomic mass is 10.0. The molecule has 1 aromatic rings. The fourth-order valence-corrected chi connectivity index (χ4v) is 3.54. The zero-order valence-corrected chi connectivity index (χ0v) is 16.4. The van der Waals surface area contributed by atoms with E-state index in [4.69, 9.17) is 0 Å². The van der Waals surface area contributed by atoms with Crippen LogP contribution in [-0.2, 0) is 6.54 Å². The summed E-state index contributed by atoms with van der Waals surface area (Å²) in [7, 11) is 1.85. The van der Waals surface area contributed by atoms with Crippen molar-refractivity contribution in [3.63, 3.8) is 0 Å². The van der Waals surface area contributed by atoms with Gasteiger partial charge in [0.1, 0.15) is 0 Å². The van der Waals surface area contributed by atoms with Gasteiger partial charge in [-0.2, -0.15) is 11.3 Å². The maximum absolute atomic E-state index is 4.35. The van der Waals surface area contributed by atoms with Crippen LogP contribution in [0.5, 0.6) is 0 Å². The Balaban J connectivity index is 1.64. The molecule has 1 aliphatic heterocycles. The monoisotopic (exact) mass is 351 g/mol. The fraction of sp³-hybridized carbons (Fsp3) is 0.722. The highest BCUT2D eigenvalue weighted by Crippen LogP contribution is 2.15. The van der Waals surface area contributed by atoms with E-state index in [1.54, 1.807) is 11.3 Å². The zero-order valence-electron chi connectivity index (χ0n) is 15.6. The fourth-order valence-electron chi connectivity index (χ4n) is 2.88. The first-order valence-corrected chi connectivity index (χ1v) is 9.86. The van der Waals surface area contributed by atoms with Crippen LogP contribution in [0, 0.1) is 0 Å². The molecular weight excluding hydrogens is 318 g/mol. The third-order valence-corrected chi connectivity index (χ3v) is 4.94. The van der Waals surface area contributed by atoms with Gasteiger partial charge in [0.15, 0.2) is 5.96 Å². The third kappa shape index (κ3) is 7.20. The quantitative estimate of drug-likeness (QED) is 0.418. The summed E-state index contributed by atoms with van der Waals surface area (Å²) in [6.07, 6.45) is 2.34. The van der Waals surface area contributed by atoms with Gasteiger partial charge in [-0.1, -0.05) is 0 Å². The Kier molecular flexibility index (Phi) is 7.52. The number of aliphatic imine (C=N–C) groups is 1. The standard InChI is InChI=1S/C18H33N5S/c1-18(2,3)21-9-8-20-17(19-4)22-16-5-10-23(11-6-16)13-15-7-12-24-14-15/h7,12,14,16,21H,5-6,8-11,13H2,1-4H3,(H2,19,20,22).